The van der Waals surface area contributed by atoms with Crippen LogP contribution in [0.25, 0.3) is 0 Å². The number of hydrogen-bond donors (Lipinski definition) is 1. The van der Waals surface area contributed by atoms with Crippen molar-refractivity contribution in [3.8, 4) is 0 Å². The van der Waals surface area contributed by atoms with Crippen LogP contribution in [-0.4, -0.2) is 16.9 Å². The summed E-state index contributed by atoms with van der Waals surface area (Å²) in [6, 6.07) is 11.4. The first-order valence-corrected chi connectivity index (χ1v) is 6.75. The number of carbonyl (C=O) groups excluding carboxylic acids is 1. The van der Waals surface area contributed by atoms with E-state index in [1.807, 2.05) is 43.3 Å². The van der Waals surface area contributed by atoms with Crippen LogP contribution in [0, 0.1) is 0 Å². The molecular weight excluding hydrogens is 250 g/mol. The van der Waals surface area contributed by atoms with E-state index in [1.165, 1.54) is 0 Å². The highest BCUT2D eigenvalue weighted by atomic mass is 16.2. The van der Waals surface area contributed by atoms with E-state index in [1.54, 1.807) is 17.3 Å². The molecule has 1 aliphatic rings. The molecule has 3 rings (SSSR count). The Morgan fingerprint density at radius 2 is 2.05 bits per heavy atom. The molecule has 1 aromatic heterocycles. The highest BCUT2D eigenvalue weighted by Crippen LogP contribution is 2.33. The van der Waals surface area contributed by atoms with Crippen molar-refractivity contribution in [1.82, 2.24) is 4.98 Å². The lowest BCUT2D eigenvalue weighted by molar-refractivity contribution is -0.120. The third-order valence-corrected chi connectivity index (χ3v) is 3.81. The maximum atomic E-state index is 12.5. The number of anilines is 1. The third kappa shape index (κ3) is 2.08. The van der Waals surface area contributed by atoms with Gasteiger partial charge in [-0.2, -0.15) is 0 Å². The zero-order valence-electron chi connectivity index (χ0n) is 11.4. The van der Waals surface area contributed by atoms with Crippen LogP contribution in [0.3, 0.4) is 0 Å². The number of rotatable bonds is 2. The Bertz CT molecular complexity index is 627. The molecule has 1 amide bonds. The lowest BCUT2D eigenvalue weighted by Gasteiger charge is -2.36. The summed E-state index contributed by atoms with van der Waals surface area (Å²) in [7, 11) is 0. The van der Waals surface area contributed by atoms with Gasteiger partial charge >= 0.3 is 0 Å². The zero-order valence-corrected chi connectivity index (χ0v) is 11.4. The number of benzene rings is 1. The van der Waals surface area contributed by atoms with E-state index >= 15 is 0 Å². The van der Waals surface area contributed by atoms with Crippen molar-refractivity contribution in [1.29, 1.82) is 0 Å². The molecule has 0 aliphatic carbocycles. The molecule has 102 valence electrons. The number of fused-ring (bicyclic) bond motifs is 1. The predicted molar refractivity (Wildman–Crippen MR) is 78.3 cm³/mol. The van der Waals surface area contributed by atoms with Crippen LogP contribution in [0.15, 0.2) is 48.8 Å². The Balaban J connectivity index is 2.05. The van der Waals surface area contributed by atoms with Gasteiger partial charge in [-0.3, -0.25) is 9.78 Å². The van der Waals surface area contributed by atoms with Gasteiger partial charge in [-0.1, -0.05) is 30.3 Å². The summed E-state index contributed by atoms with van der Waals surface area (Å²) in [5.74, 6) is -0.0400. The molecule has 0 saturated heterocycles. The minimum atomic E-state index is -0.476. The third-order valence-electron chi connectivity index (χ3n) is 3.81. The predicted octanol–water partition coefficient (Wildman–Crippen LogP) is 2.06. The van der Waals surface area contributed by atoms with Crippen molar-refractivity contribution in [2.75, 3.05) is 4.90 Å². The summed E-state index contributed by atoms with van der Waals surface area (Å²) in [6.07, 6.45) is 4.07. The number of pyridine rings is 1. The van der Waals surface area contributed by atoms with Crippen molar-refractivity contribution < 1.29 is 4.79 Å². The fourth-order valence-electron chi connectivity index (χ4n) is 2.71. The van der Waals surface area contributed by atoms with Gasteiger partial charge in [0.2, 0.25) is 5.91 Å². The van der Waals surface area contributed by atoms with Gasteiger partial charge in [0.1, 0.15) is 0 Å². The fourth-order valence-corrected chi connectivity index (χ4v) is 2.71. The zero-order chi connectivity index (χ0) is 14.1. The number of nitrogens with two attached hydrogens (primary N) is 1. The number of nitrogens with zero attached hydrogens (tertiary/aromatic N) is 2. The van der Waals surface area contributed by atoms with Crippen LogP contribution in [0.1, 0.15) is 24.1 Å². The van der Waals surface area contributed by atoms with Crippen LogP contribution in [-0.2, 0) is 11.2 Å². The van der Waals surface area contributed by atoms with E-state index in [4.69, 9.17) is 5.73 Å². The molecule has 0 radical (unpaired) electrons. The van der Waals surface area contributed by atoms with Crippen LogP contribution in [0.5, 0.6) is 0 Å². The van der Waals surface area contributed by atoms with Crippen molar-refractivity contribution in [2.45, 2.75) is 25.4 Å². The lowest BCUT2D eigenvalue weighted by atomic mass is 9.96. The second-order valence-corrected chi connectivity index (χ2v) is 5.11. The smallest absolute Gasteiger partial charge is 0.244 e. The quantitative estimate of drug-likeness (QED) is 0.906. The van der Waals surface area contributed by atoms with E-state index < -0.39 is 6.04 Å². The lowest BCUT2D eigenvalue weighted by Crippen LogP contribution is -2.49. The van der Waals surface area contributed by atoms with Gasteiger partial charge < -0.3 is 10.6 Å². The molecule has 0 fully saturated rings. The maximum absolute atomic E-state index is 12.5. The molecule has 0 saturated carbocycles. The summed E-state index contributed by atoms with van der Waals surface area (Å²) < 4.78 is 0. The van der Waals surface area contributed by atoms with Crippen LogP contribution < -0.4 is 10.6 Å². The van der Waals surface area contributed by atoms with Gasteiger partial charge in [0, 0.05) is 6.20 Å². The van der Waals surface area contributed by atoms with Crippen LogP contribution in [0.4, 0.5) is 5.69 Å². The summed E-state index contributed by atoms with van der Waals surface area (Å²) in [6.45, 7) is 2.02. The van der Waals surface area contributed by atoms with E-state index in [-0.39, 0.29) is 11.9 Å². The fraction of sp³-hybridized carbons (Fsp3) is 0.250. The first kappa shape index (κ1) is 12.8. The van der Waals surface area contributed by atoms with E-state index in [0.717, 1.165) is 16.8 Å². The molecule has 2 aromatic rings. The van der Waals surface area contributed by atoms with Crippen molar-refractivity contribution >= 4 is 11.6 Å². The normalized spacial score (nSPS) is 19.6. The maximum Gasteiger partial charge on any atom is 0.244 e. The van der Waals surface area contributed by atoms with Gasteiger partial charge in [-0.15, -0.1) is 0 Å². The molecule has 20 heavy (non-hydrogen) atoms. The van der Waals surface area contributed by atoms with Crippen LogP contribution in [0.2, 0.25) is 0 Å². The number of amides is 1. The van der Waals surface area contributed by atoms with Crippen molar-refractivity contribution in [3.05, 3.63) is 59.9 Å². The molecular formula is C16H17N3O. The second-order valence-electron chi connectivity index (χ2n) is 5.11. The standard InChI is InChI=1S/C16H17N3O/c1-11(12-5-3-2-4-6-12)19-15-10-18-8-7-13(15)9-14(17)16(19)20/h2-8,10-11,14H,9,17H2,1H3/t11?,14-/m1/s1. The van der Waals surface area contributed by atoms with Gasteiger partial charge in [-0.25, -0.2) is 0 Å². The second kappa shape index (κ2) is 5.06. The average molecular weight is 267 g/mol. The summed E-state index contributed by atoms with van der Waals surface area (Å²) in [4.78, 5) is 18.4. The van der Waals surface area contributed by atoms with Crippen molar-refractivity contribution in [2.24, 2.45) is 5.73 Å². The Morgan fingerprint density at radius 1 is 1.30 bits per heavy atom. The molecule has 4 nitrogen and oxygen atoms in total. The summed E-state index contributed by atoms with van der Waals surface area (Å²) >= 11 is 0. The Morgan fingerprint density at radius 3 is 2.80 bits per heavy atom. The van der Waals surface area contributed by atoms with Gasteiger partial charge in [-0.05, 0) is 30.5 Å². The highest BCUT2D eigenvalue weighted by Gasteiger charge is 2.33. The molecule has 1 aromatic carbocycles. The minimum Gasteiger partial charge on any atom is -0.320 e. The molecule has 4 heteroatoms. The van der Waals surface area contributed by atoms with Gasteiger partial charge in [0.05, 0.1) is 24.0 Å². The molecule has 2 heterocycles. The Hall–Kier alpha value is -2.20. The molecule has 1 unspecified atom stereocenters. The molecule has 2 N–H and O–H groups in total. The summed E-state index contributed by atoms with van der Waals surface area (Å²) in [5.41, 5.74) is 9.02. The van der Waals surface area contributed by atoms with E-state index in [0.29, 0.717) is 6.42 Å². The molecule has 2 atom stereocenters. The topological polar surface area (TPSA) is 59.2 Å². The first-order chi connectivity index (χ1) is 9.68. The summed E-state index contributed by atoms with van der Waals surface area (Å²) in [5, 5.41) is 0. The monoisotopic (exact) mass is 267 g/mol. The van der Waals surface area contributed by atoms with Gasteiger partial charge in [0.15, 0.2) is 0 Å². The van der Waals surface area contributed by atoms with Crippen molar-refractivity contribution in [3.63, 3.8) is 0 Å². The molecule has 1 aliphatic heterocycles. The van der Waals surface area contributed by atoms with E-state index in [2.05, 4.69) is 4.98 Å². The highest BCUT2D eigenvalue weighted by molar-refractivity contribution is 6.00. The minimum absolute atomic E-state index is 0.0400. The Kier molecular flexibility index (Phi) is 3.24. The average Bonchev–Trinajstić information content (AvgIpc) is 2.49. The number of hydrogen-bond acceptors (Lipinski definition) is 3. The number of aromatic nitrogens is 1. The first-order valence-electron chi connectivity index (χ1n) is 6.75. The molecule has 0 bridgehead atoms. The van der Waals surface area contributed by atoms with Gasteiger partial charge in [0.25, 0.3) is 0 Å². The number of carbonyl (C=O) groups is 1. The Labute approximate surface area is 118 Å². The molecule has 0 spiro atoms. The van der Waals surface area contributed by atoms with Crippen LogP contribution >= 0.6 is 0 Å². The largest absolute Gasteiger partial charge is 0.320 e. The SMILES string of the molecule is CC(c1ccccc1)N1C(=O)[C@H](N)Cc2ccncc21. The van der Waals surface area contributed by atoms with E-state index in [9.17, 15) is 4.79 Å².